The van der Waals surface area contributed by atoms with E-state index in [4.69, 9.17) is 11.6 Å². The van der Waals surface area contributed by atoms with Gasteiger partial charge in [0, 0.05) is 30.4 Å². The molecule has 0 saturated carbocycles. The van der Waals surface area contributed by atoms with Gasteiger partial charge in [-0.05, 0) is 6.07 Å². The monoisotopic (exact) mass is 308 g/mol. The average Bonchev–Trinajstić information content (AvgIpc) is 2.86. The Labute approximate surface area is 127 Å². The Morgan fingerprint density at radius 1 is 1.48 bits per heavy atom. The molecule has 1 N–H and O–H groups in total. The van der Waals surface area contributed by atoms with Crippen LogP contribution in [0.15, 0.2) is 30.6 Å². The van der Waals surface area contributed by atoms with Crippen LogP contribution in [-0.2, 0) is 13.1 Å². The van der Waals surface area contributed by atoms with Gasteiger partial charge in [0.1, 0.15) is 0 Å². The van der Waals surface area contributed by atoms with Crippen LogP contribution >= 0.6 is 11.6 Å². The fourth-order valence-corrected chi connectivity index (χ4v) is 2.17. The minimum Gasteiger partial charge on any atom is -0.310 e. The van der Waals surface area contributed by atoms with E-state index in [0.29, 0.717) is 23.2 Å². The fraction of sp³-hybridized carbons (Fsp3) is 0.357. The van der Waals surface area contributed by atoms with Crippen molar-refractivity contribution in [3.63, 3.8) is 0 Å². The Morgan fingerprint density at radius 2 is 2.24 bits per heavy atom. The van der Waals surface area contributed by atoms with Gasteiger partial charge in [0.15, 0.2) is 0 Å². The van der Waals surface area contributed by atoms with Gasteiger partial charge in [-0.1, -0.05) is 31.5 Å². The van der Waals surface area contributed by atoms with Gasteiger partial charge in [0.05, 0.1) is 28.3 Å². The van der Waals surface area contributed by atoms with Gasteiger partial charge in [0.25, 0.3) is 5.69 Å². The van der Waals surface area contributed by atoms with Gasteiger partial charge >= 0.3 is 0 Å². The van der Waals surface area contributed by atoms with Crippen LogP contribution in [0, 0.1) is 10.1 Å². The summed E-state index contributed by atoms with van der Waals surface area (Å²) in [6.45, 7) is 5.12. The highest BCUT2D eigenvalue weighted by Crippen LogP contribution is 2.26. The van der Waals surface area contributed by atoms with Gasteiger partial charge < -0.3 is 5.32 Å². The summed E-state index contributed by atoms with van der Waals surface area (Å²) < 4.78 is 1.66. The smallest absolute Gasteiger partial charge is 0.275 e. The summed E-state index contributed by atoms with van der Waals surface area (Å²) >= 11 is 6.07. The molecular weight excluding hydrogens is 292 g/mol. The summed E-state index contributed by atoms with van der Waals surface area (Å²) in [4.78, 5) is 10.6. The molecule has 0 amide bonds. The predicted octanol–water partition coefficient (Wildman–Crippen LogP) is 2.99. The summed E-state index contributed by atoms with van der Waals surface area (Å²) in [7, 11) is 0. The molecule has 0 bridgehead atoms. The molecule has 0 saturated heterocycles. The van der Waals surface area contributed by atoms with Crippen LogP contribution in [0.3, 0.4) is 0 Å². The van der Waals surface area contributed by atoms with Crippen molar-refractivity contribution in [2.75, 3.05) is 0 Å². The minimum atomic E-state index is -0.425. The van der Waals surface area contributed by atoms with Gasteiger partial charge in [-0.2, -0.15) is 5.10 Å². The van der Waals surface area contributed by atoms with Crippen LogP contribution in [0.25, 0.3) is 0 Å². The standard InChI is InChI=1S/C14H17ClN4O2/c1-10(2)16-6-11-7-17-18(8-11)9-12-13(15)4-3-5-14(12)19(20)21/h3-5,7-8,10,16H,6,9H2,1-2H3. The molecule has 0 aliphatic rings. The maximum Gasteiger partial charge on any atom is 0.275 e. The number of nitro benzene ring substituents is 1. The molecule has 21 heavy (non-hydrogen) atoms. The van der Waals surface area contributed by atoms with Crippen molar-refractivity contribution in [1.29, 1.82) is 0 Å². The molecule has 1 aromatic carbocycles. The van der Waals surface area contributed by atoms with Crippen LogP contribution in [0.4, 0.5) is 5.69 Å². The minimum absolute atomic E-state index is 0.0138. The van der Waals surface area contributed by atoms with Crippen molar-refractivity contribution in [2.24, 2.45) is 0 Å². The zero-order valence-electron chi connectivity index (χ0n) is 11.9. The lowest BCUT2D eigenvalue weighted by molar-refractivity contribution is -0.385. The maximum absolute atomic E-state index is 11.1. The van der Waals surface area contributed by atoms with Crippen LogP contribution < -0.4 is 5.32 Å². The molecule has 7 heteroatoms. The molecule has 0 aliphatic heterocycles. The van der Waals surface area contributed by atoms with Gasteiger partial charge in [0.2, 0.25) is 0 Å². The molecular formula is C14H17ClN4O2. The van der Waals surface area contributed by atoms with E-state index in [9.17, 15) is 10.1 Å². The second-order valence-corrected chi connectivity index (χ2v) is 5.48. The number of benzene rings is 1. The molecule has 112 valence electrons. The van der Waals surface area contributed by atoms with Crippen LogP contribution in [0.1, 0.15) is 25.0 Å². The molecule has 0 aliphatic carbocycles. The zero-order valence-corrected chi connectivity index (χ0v) is 12.7. The normalized spacial score (nSPS) is 11.0. The third-order valence-electron chi connectivity index (χ3n) is 3.01. The van der Waals surface area contributed by atoms with E-state index < -0.39 is 4.92 Å². The third-order valence-corrected chi connectivity index (χ3v) is 3.37. The highest BCUT2D eigenvalue weighted by atomic mass is 35.5. The predicted molar refractivity (Wildman–Crippen MR) is 81.4 cm³/mol. The Kier molecular flexibility index (Phi) is 4.93. The van der Waals surface area contributed by atoms with Crippen molar-refractivity contribution in [3.8, 4) is 0 Å². The Bertz CT molecular complexity index is 640. The Morgan fingerprint density at radius 3 is 2.90 bits per heavy atom. The zero-order chi connectivity index (χ0) is 15.4. The molecule has 1 aromatic heterocycles. The number of nitrogens with one attached hydrogen (secondary N) is 1. The first-order chi connectivity index (χ1) is 9.97. The average molecular weight is 309 g/mol. The van der Waals surface area contributed by atoms with Crippen LogP contribution in [0.5, 0.6) is 0 Å². The highest BCUT2D eigenvalue weighted by molar-refractivity contribution is 6.31. The van der Waals surface area contributed by atoms with Crippen molar-refractivity contribution in [3.05, 3.63) is 56.9 Å². The number of hydrogen-bond donors (Lipinski definition) is 1. The summed E-state index contributed by atoms with van der Waals surface area (Å²) in [6, 6.07) is 5.06. The number of halogens is 1. The number of hydrogen-bond acceptors (Lipinski definition) is 4. The Hall–Kier alpha value is -1.92. The molecule has 0 unspecified atom stereocenters. The number of nitrogens with zero attached hydrogens (tertiary/aromatic N) is 3. The molecule has 1 heterocycles. The summed E-state index contributed by atoms with van der Waals surface area (Å²) in [6.07, 6.45) is 3.61. The van der Waals surface area contributed by atoms with Crippen LogP contribution in [0.2, 0.25) is 5.02 Å². The molecule has 2 aromatic rings. The first-order valence-electron chi connectivity index (χ1n) is 6.64. The van der Waals surface area contributed by atoms with E-state index in [2.05, 4.69) is 24.3 Å². The topological polar surface area (TPSA) is 73.0 Å². The molecule has 2 rings (SSSR count). The van der Waals surface area contributed by atoms with E-state index in [1.807, 2.05) is 6.20 Å². The second kappa shape index (κ2) is 6.69. The van der Waals surface area contributed by atoms with Gasteiger partial charge in [-0.15, -0.1) is 0 Å². The molecule has 0 fully saturated rings. The lowest BCUT2D eigenvalue weighted by atomic mass is 10.2. The summed E-state index contributed by atoms with van der Waals surface area (Å²) in [5.74, 6) is 0. The van der Waals surface area contributed by atoms with E-state index in [1.54, 1.807) is 23.0 Å². The Balaban J connectivity index is 2.17. The fourth-order valence-electron chi connectivity index (χ4n) is 1.94. The quantitative estimate of drug-likeness (QED) is 0.657. The van der Waals surface area contributed by atoms with Crippen molar-refractivity contribution >= 4 is 17.3 Å². The highest BCUT2D eigenvalue weighted by Gasteiger charge is 2.17. The number of nitro groups is 1. The SMILES string of the molecule is CC(C)NCc1cnn(Cc2c(Cl)cccc2[N+](=O)[O-])c1. The van der Waals surface area contributed by atoms with E-state index in [-0.39, 0.29) is 12.2 Å². The maximum atomic E-state index is 11.1. The largest absolute Gasteiger partial charge is 0.310 e. The lowest BCUT2D eigenvalue weighted by Gasteiger charge is -2.06. The summed E-state index contributed by atoms with van der Waals surface area (Å²) in [5.41, 5.74) is 1.51. The molecule has 0 atom stereocenters. The van der Waals surface area contributed by atoms with E-state index in [1.165, 1.54) is 6.07 Å². The van der Waals surface area contributed by atoms with Crippen molar-refractivity contribution in [1.82, 2.24) is 15.1 Å². The van der Waals surface area contributed by atoms with Crippen molar-refractivity contribution in [2.45, 2.75) is 33.0 Å². The van der Waals surface area contributed by atoms with Crippen molar-refractivity contribution < 1.29 is 4.92 Å². The van der Waals surface area contributed by atoms with E-state index >= 15 is 0 Å². The number of aromatic nitrogens is 2. The first kappa shape index (κ1) is 15.5. The lowest BCUT2D eigenvalue weighted by Crippen LogP contribution is -2.21. The number of rotatable bonds is 6. The molecule has 0 spiro atoms. The second-order valence-electron chi connectivity index (χ2n) is 5.08. The van der Waals surface area contributed by atoms with Gasteiger partial charge in [-0.3, -0.25) is 14.8 Å². The summed E-state index contributed by atoms with van der Waals surface area (Å²) in [5, 5.41) is 18.9. The molecule has 0 radical (unpaired) electrons. The van der Waals surface area contributed by atoms with E-state index in [0.717, 1.165) is 5.56 Å². The van der Waals surface area contributed by atoms with Crippen LogP contribution in [-0.4, -0.2) is 20.7 Å². The van der Waals surface area contributed by atoms with Gasteiger partial charge in [-0.25, -0.2) is 0 Å². The third kappa shape index (κ3) is 4.03. The molecule has 6 nitrogen and oxygen atoms in total. The first-order valence-corrected chi connectivity index (χ1v) is 7.01.